The van der Waals surface area contributed by atoms with Gasteiger partial charge >= 0.3 is 6.03 Å². The lowest BCUT2D eigenvalue weighted by molar-refractivity contribution is -0.122. The van der Waals surface area contributed by atoms with Crippen molar-refractivity contribution in [1.82, 2.24) is 16.0 Å². The smallest absolute Gasteiger partial charge is 0.315 e. The Balaban J connectivity index is 1.72. The molecule has 1 aliphatic heterocycles. The number of carbonyl (C=O) groups excluding carboxylic acids is 2. The Morgan fingerprint density at radius 1 is 1.31 bits per heavy atom. The summed E-state index contributed by atoms with van der Waals surface area (Å²) in [5, 5.41) is 8.87. The first-order valence-corrected chi connectivity index (χ1v) is 10.7. The van der Waals surface area contributed by atoms with Crippen LogP contribution in [0.15, 0.2) is 18.2 Å². The summed E-state index contributed by atoms with van der Waals surface area (Å²) in [7, 11) is -3.07. The Morgan fingerprint density at radius 2 is 2.04 bits per heavy atom. The van der Waals surface area contributed by atoms with Crippen molar-refractivity contribution in [2.75, 3.05) is 18.1 Å². The van der Waals surface area contributed by atoms with E-state index in [9.17, 15) is 18.0 Å². The van der Waals surface area contributed by atoms with E-state index in [1.54, 1.807) is 25.1 Å². The lowest BCUT2D eigenvalue weighted by Crippen LogP contribution is -2.51. The van der Waals surface area contributed by atoms with Gasteiger partial charge in [-0.3, -0.25) is 4.79 Å². The maximum Gasteiger partial charge on any atom is 0.315 e. The number of halogens is 2. The van der Waals surface area contributed by atoms with Gasteiger partial charge in [-0.15, -0.1) is 0 Å². The minimum atomic E-state index is -3.07. The highest BCUT2D eigenvalue weighted by atomic mass is 35.5. The van der Waals surface area contributed by atoms with Gasteiger partial charge in [-0.1, -0.05) is 29.3 Å². The molecular weight excluding hydrogens is 401 g/mol. The average molecular weight is 422 g/mol. The highest BCUT2D eigenvalue weighted by Crippen LogP contribution is 2.21. The lowest BCUT2D eigenvalue weighted by Gasteiger charge is -2.17. The standard InChI is InChI=1S/C16H21Cl2N3O4S/c1-10(20-16(23)21-13-5-7-26(24,25)9-13)15(22)19-6-4-11-2-3-12(17)8-14(11)18/h2-3,8,10,13H,4-7,9H2,1H3,(H,19,22)(H2,20,21,23). The normalized spacial score (nSPS) is 19.6. The monoisotopic (exact) mass is 421 g/mol. The zero-order chi connectivity index (χ0) is 19.3. The van der Waals surface area contributed by atoms with Crippen LogP contribution < -0.4 is 16.0 Å². The highest BCUT2D eigenvalue weighted by molar-refractivity contribution is 7.91. The van der Waals surface area contributed by atoms with Gasteiger partial charge < -0.3 is 16.0 Å². The number of nitrogens with one attached hydrogen (secondary N) is 3. The number of hydrogen-bond donors (Lipinski definition) is 3. The van der Waals surface area contributed by atoms with E-state index >= 15 is 0 Å². The number of amides is 3. The Morgan fingerprint density at radius 3 is 2.65 bits per heavy atom. The third-order valence-corrected chi connectivity index (χ3v) is 6.37. The summed E-state index contributed by atoms with van der Waals surface area (Å²) in [4.78, 5) is 23.9. The van der Waals surface area contributed by atoms with E-state index in [4.69, 9.17) is 23.2 Å². The molecule has 1 aromatic carbocycles. The SMILES string of the molecule is CC(NC(=O)NC1CCS(=O)(=O)C1)C(=O)NCCc1ccc(Cl)cc1Cl. The maximum absolute atomic E-state index is 12.0. The molecule has 7 nitrogen and oxygen atoms in total. The van der Waals surface area contributed by atoms with E-state index in [0.717, 1.165) is 5.56 Å². The zero-order valence-electron chi connectivity index (χ0n) is 14.2. The first-order valence-electron chi connectivity index (χ1n) is 8.15. The second-order valence-corrected chi connectivity index (χ2v) is 9.29. The number of urea groups is 1. The molecule has 1 saturated heterocycles. The van der Waals surface area contributed by atoms with Crippen molar-refractivity contribution in [1.29, 1.82) is 0 Å². The van der Waals surface area contributed by atoms with Crippen molar-refractivity contribution in [3.63, 3.8) is 0 Å². The van der Waals surface area contributed by atoms with Crippen LogP contribution in [0.3, 0.4) is 0 Å². The van der Waals surface area contributed by atoms with Crippen molar-refractivity contribution >= 4 is 45.0 Å². The first kappa shape index (κ1) is 20.8. The predicted molar refractivity (Wildman–Crippen MR) is 101 cm³/mol. The number of carbonyl (C=O) groups is 2. The van der Waals surface area contributed by atoms with Crippen LogP contribution in [0, 0.1) is 0 Å². The summed E-state index contributed by atoms with van der Waals surface area (Å²) in [5.41, 5.74) is 0.858. The molecule has 0 radical (unpaired) electrons. The third kappa shape index (κ3) is 6.34. The van der Waals surface area contributed by atoms with Gasteiger partial charge in [0.15, 0.2) is 9.84 Å². The molecule has 2 unspecified atom stereocenters. The van der Waals surface area contributed by atoms with Crippen molar-refractivity contribution in [2.45, 2.75) is 31.8 Å². The van der Waals surface area contributed by atoms with Gasteiger partial charge in [0, 0.05) is 22.6 Å². The molecule has 144 valence electrons. The molecule has 2 rings (SSSR count). The van der Waals surface area contributed by atoms with Gasteiger partial charge in [-0.25, -0.2) is 13.2 Å². The molecule has 1 aliphatic rings. The van der Waals surface area contributed by atoms with Gasteiger partial charge in [0.1, 0.15) is 6.04 Å². The fraction of sp³-hybridized carbons (Fsp3) is 0.500. The lowest BCUT2D eigenvalue weighted by atomic mass is 10.1. The minimum absolute atomic E-state index is 0.0666. The number of benzene rings is 1. The van der Waals surface area contributed by atoms with Gasteiger partial charge in [0.2, 0.25) is 5.91 Å². The van der Waals surface area contributed by atoms with Gasteiger partial charge in [0.25, 0.3) is 0 Å². The molecule has 0 spiro atoms. The quantitative estimate of drug-likeness (QED) is 0.647. The molecule has 2 atom stereocenters. The number of rotatable bonds is 6. The summed E-state index contributed by atoms with van der Waals surface area (Å²) in [6, 6.07) is 3.42. The van der Waals surface area contributed by atoms with E-state index in [1.807, 2.05) is 0 Å². The second kappa shape index (κ2) is 8.92. The topological polar surface area (TPSA) is 104 Å². The van der Waals surface area contributed by atoms with E-state index in [0.29, 0.717) is 29.4 Å². The summed E-state index contributed by atoms with van der Waals surface area (Å²) < 4.78 is 22.8. The molecule has 0 bridgehead atoms. The molecule has 3 amide bonds. The molecule has 26 heavy (non-hydrogen) atoms. The van der Waals surface area contributed by atoms with Crippen LogP contribution in [0.25, 0.3) is 0 Å². The van der Waals surface area contributed by atoms with Crippen LogP contribution >= 0.6 is 23.2 Å². The fourth-order valence-electron chi connectivity index (χ4n) is 2.60. The predicted octanol–water partition coefficient (Wildman–Crippen LogP) is 1.53. The second-order valence-electron chi connectivity index (χ2n) is 6.22. The third-order valence-electron chi connectivity index (χ3n) is 4.02. The van der Waals surface area contributed by atoms with E-state index < -0.39 is 28.0 Å². The molecule has 1 aromatic rings. The Labute approximate surface area is 162 Å². The molecule has 0 saturated carbocycles. The summed E-state index contributed by atoms with van der Waals surface area (Å²) in [6.45, 7) is 1.91. The highest BCUT2D eigenvalue weighted by Gasteiger charge is 2.29. The average Bonchev–Trinajstić information content (AvgIpc) is 2.87. The number of sulfone groups is 1. The van der Waals surface area contributed by atoms with Crippen molar-refractivity contribution in [3.8, 4) is 0 Å². The van der Waals surface area contributed by atoms with Crippen LogP contribution in [-0.2, 0) is 21.1 Å². The molecule has 0 aliphatic carbocycles. The Hall–Kier alpha value is -1.51. The fourth-order valence-corrected chi connectivity index (χ4v) is 4.77. The zero-order valence-corrected chi connectivity index (χ0v) is 16.5. The molecule has 0 aromatic heterocycles. The Bertz CT molecular complexity index is 786. The summed E-state index contributed by atoms with van der Waals surface area (Å²) in [6.07, 6.45) is 0.915. The molecular formula is C16H21Cl2N3O4S. The molecule has 3 N–H and O–H groups in total. The van der Waals surface area contributed by atoms with E-state index in [1.165, 1.54) is 0 Å². The minimum Gasteiger partial charge on any atom is -0.354 e. The van der Waals surface area contributed by atoms with Crippen molar-refractivity contribution < 1.29 is 18.0 Å². The van der Waals surface area contributed by atoms with E-state index in [2.05, 4.69) is 16.0 Å². The summed E-state index contributed by atoms with van der Waals surface area (Å²) >= 11 is 11.9. The first-order chi connectivity index (χ1) is 12.2. The number of hydrogen-bond acceptors (Lipinski definition) is 4. The Kier molecular flexibility index (Phi) is 7.14. The van der Waals surface area contributed by atoms with Crippen LogP contribution in [-0.4, -0.2) is 50.5 Å². The molecule has 10 heteroatoms. The molecule has 1 heterocycles. The largest absolute Gasteiger partial charge is 0.354 e. The van der Waals surface area contributed by atoms with Crippen LogP contribution in [0.5, 0.6) is 0 Å². The van der Waals surface area contributed by atoms with Crippen molar-refractivity contribution in [3.05, 3.63) is 33.8 Å². The van der Waals surface area contributed by atoms with Crippen LogP contribution in [0.1, 0.15) is 18.9 Å². The van der Waals surface area contributed by atoms with E-state index in [-0.39, 0.29) is 17.4 Å². The maximum atomic E-state index is 12.0. The van der Waals surface area contributed by atoms with Crippen LogP contribution in [0.2, 0.25) is 10.0 Å². The van der Waals surface area contributed by atoms with Gasteiger partial charge in [-0.05, 0) is 37.5 Å². The molecule has 1 fully saturated rings. The van der Waals surface area contributed by atoms with Crippen LogP contribution in [0.4, 0.5) is 4.79 Å². The van der Waals surface area contributed by atoms with Gasteiger partial charge in [-0.2, -0.15) is 0 Å². The van der Waals surface area contributed by atoms with Gasteiger partial charge in [0.05, 0.1) is 11.5 Å². The summed E-state index contributed by atoms with van der Waals surface area (Å²) in [5.74, 6) is -0.339. The van der Waals surface area contributed by atoms with Crippen molar-refractivity contribution in [2.24, 2.45) is 0 Å².